The van der Waals surface area contributed by atoms with Gasteiger partial charge in [-0.05, 0) is 50.0 Å². The number of nitrogens with zero attached hydrogens (tertiary/aromatic N) is 1. The van der Waals surface area contributed by atoms with Gasteiger partial charge in [-0.1, -0.05) is 51.2 Å². The molecule has 1 aliphatic rings. The maximum absolute atomic E-state index is 3.54. The van der Waals surface area contributed by atoms with Crippen molar-refractivity contribution in [1.29, 1.82) is 0 Å². The number of likely N-dealkylation sites (tertiary alicyclic amines) is 1. The van der Waals surface area contributed by atoms with Crippen LogP contribution in [0.5, 0.6) is 0 Å². The Kier molecular flexibility index (Phi) is 7.66. The van der Waals surface area contributed by atoms with Crippen LogP contribution in [0.4, 0.5) is 5.69 Å². The molecule has 1 N–H and O–H groups in total. The second-order valence-corrected chi connectivity index (χ2v) is 6.37. The van der Waals surface area contributed by atoms with Crippen LogP contribution in [0.15, 0.2) is 24.3 Å². The molecule has 0 atom stereocenters. The zero-order chi connectivity index (χ0) is 14.8. The second kappa shape index (κ2) is 9.83. The van der Waals surface area contributed by atoms with E-state index in [4.69, 9.17) is 0 Å². The van der Waals surface area contributed by atoms with Gasteiger partial charge in [-0.15, -0.1) is 0 Å². The Hall–Kier alpha value is -1.02. The van der Waals surface area contributed by atoms with Crippen molar-refractivity contribution in [3.05, 3.63) is 29.8 Å². The van der Waals surface area contributed by atoms with Crippen molar-refractivity contribution in [2.45, 2.75) is 64.8 Å². The Labute approximate surface area is 130 Å². The monoisotopic (exact) mass is 288 g/mol. The van der Waals surface area contributed by atoms with E-state index in [1.807, 2.05) is 0 Å². The summed E-state index contributed by atoms with van der Waals surface area (Å²) in [4.78, 5) is 2.55. The average molecular weight is 288 g/mol. The van der Waals surface area contributed by atoms with Gasteiger partial charge in [0.05, 0.1) is 0 Å². The number of nitrogens with one attached hydrogen (secondary N) is 1. The standard InChI is InChI=1S/C19H32N2/c1-2-3-4-5-6-7-14-20-19-12-10-18(11-13-19)17-21-15-8-9-16-21/h10-13,20H,2-9,14-17H2,1H3. The lowest BCUT2D eigenvalue weighted by Gasteiger charge is -2.15. The summed E-state index contributed by atoms with van der Waals surface area (Å²) in [6, 6.07) is 9.04. The molecule has 21 heavy (non-hydrogen) atoms. The largest absolute Gasteiger partial charge is 0.385 e. The number of rotatable bonds is 10. The van der Waals surface area contributed by atoms with E-state index in [-0.39, 0.29) is 0 Å². The molecule has 2 heteroatoms. The Balaban J connectivity index is 1.58. The minimum absolute atomic E-state index is 1.11. The number of hydrogen-bond acceptors (Lipinski definition) is 2. The van der Waals surface area contributed by atoms with Gasteiger partial charge < -0.3 is 5.32 Å². The van der Waals surface area contributed by atoms with Crippen LogP contribution in [0, 0.1) is 0 Å². The fourth-order valence-electron chi connectivity index (χ4n) is 3.06. The topological polar surface area (TPSA) is 15.3 Å². The van der Waals surface area contributed by atoms with Gasteiger partial charge in [0.1, 0.15) is 0 Å². The number of hydrogen-bond donors (Lipinski definition) is 1. The zero-order valence-electron chi connectivity index (χ0n) is 13.7. The summed E-state index contributed by atoms with van der Waals surface area (Å²) in [5.74, 6) is 0. The molecule has 118 valence electrons. The molecule has 1 saturated heterocycles. The van der Waals surface area contributed by atoms with Gasteiger partial charge in [0.15, 0.2) is 0 Å². The number of benzene rings is 1. The molecule has 0 aromatic heterocycles. The SMILES string of the molecule is CCCCCCCCNc1ccc(CN2CCCC2)cc1. The molecule has 2 rings (SSSR count). The quantitative estimate of drug-likeness (QED) is 0.606. The summed E-state index contributed by atoms with van der Waals surface area (Å²) in [5, 5.41) is 3.54. The van der Waals surface area contributed by atoms with Crippen LogP contribution in [0.1, 0.15) is 63.9 Å². The van der Waals surface area contributed by atoms with E-state index >= 15 is 0 Å². The van der Waals surface area contributed by atoms with Crippen molar-refractivity contribution in [3.8, 4) is 0 Å². The molecule has 0 unspecified atom stereocenters. The molecule has 1 heterocycles. The first-order chi connectivity index (χ1) is 10.4. The zero-order valence-corrected chi connectivity index (χ0v) is 13.7. The van der Waals surface area contributed by atoms with Crippen molar-refractivity contribution in [2.24, 2.45) is 0 Å². The van der Waals surface area contributed by atoms with Gasteiger partial charge in [0.2, 0.25) is 0 Å². The van der Waals surface area contributed by atoms with E-state index in [9.17, 15) is 0 Å². The fraction of sp³-hybridized carbons (Fsp3) is 0.684. The summed E-state index contributed by atoms with van der Waals surface area (Å²) in [5.41, 5.74) is 2.72. The predicted octanol–water partition coefficient (Wildman–Crippen LogP) is 5.05. The Morgan fingerprint density at radius 3 is 2.29 bits per heavy atom. The predicted molar refractivity (Wildman–Crippen MR) is 92.8 cm³/mol. The molecule has 1 aromatic rings. The molecule has 0 radical (unpaired) electrons. The van der Waals surface area contributed by atoms with E-state index < -0.39 is 0 Å². The molecule has 2 nitrogen and oxygen atoms in total. The van der Waals surface area contributed by atoms with Crippen LogP contribution in [-0.4, -0.2) is 24.5 Å². The van der Waals surface area contributed by atoms with Gasteiger partial charge in [-0.3, -0.25) is 4.90 Å². The molecule has 1 aliphatic heterocycles. The summed E-state index contributed by atoms with van der Waals surface area (Å²) in [6.45, 7) is 7.06. The van der Waals surface area contributed by atoms with E-state index in [0.717, 1.165) is 13.1 Å². The van der Waals surface area contributed by atoms with Crippen LogP contribution in [-0.2, 0) is 6.54 Å². The molecule has 0 aliphatic carbocycles. The third kappa shape index (κ3) is 6.52. The normalized spacial score (nSPS) is 15.5. The van der Waals surface area contributed by atoms with Crippen LogP contribution >= 0.6 is 0 Å². The second-order valence-electron chi connectivity index (χ2n) is 6.37. The van der Waals surface area contributed by atoms with Gasteiger partial charge in [0.25, 0.3) is 0 Å². The van der Waals surface area contributed by atoms with Crippen LogP contribution in [0.25, 0.3) is 0 Å². The Bertz CT molecular complexity index is 366. The smallest absolute Gasteiger partial charge is 0.0340 e. The van der Waals surface area contributed by atoms with Crippen molar-refractivity contribution in [3.63, 3.8) is 0 Å². The first-order valence-corrected chi connectivity index (χ1v) is 8.93. The lowest BCUT2D eigenvalue weighted by atomic mass is 10.1. The summed E-state index contributed by atoms with van der Waals surface area (Å²) in [7, 11) is 0. The summed E-state index contributed by atoms with van der Waals surface area (Å²) in [6.07, 6.45) is 10.9. The molecular formula is C19H32N2. The molecule has 1 fully saturated rings. The van der Waals surface area contributed by atoms with E-state index in [1.165, 1.54) is 75.7 Å². The average Bonchev–Trinajstić information content (AvgIpc) is 3.01. The Morgan fingerprint density at radius 1 is 0.905 bits per heavy atom. The molecule has 1 aromatic carbocycles. The highest BCUT2D eigenvalue weighted by molar-refractivity contribution is 5.44. The maximum Gasteiger partial charge on any atom is 0.0340 e. The molecule has 0 bridgehead atoms. The molecule has 0 saturated carbocycles. The third-order valence-corrected chi connectivity index (χ3v) is 4.42. The van der Waals surface area contributed by atoms with Crippen molar-refractivity contribution in [1.82, 2.24) is 4.90 Å². The fourth-order valence-corrected chi connectivity index (χ4v) is 3.06. The Morgan fingerprint density at radius 2 is 1.57 bits per heavy atom. The lowest BCUT2D eigenvalue weighted by Crippen LogP contribution is -2.18. The van der Waals surface area contributed by atoms with E-state index in [0.29, 0.717) is 0 Å². The van der Waals surface area contributed by atoms with Crippen molar-refractivity contribution < 1.29 is 0 Å². The summed E-state index contributed by atoms with van der Waals surface area (Å²) < 4.78 is 0. The van der Waals surface area contributed by atoms with Crippen molar-refractivity contribution >= 4 is 5.69 Å². The van der Waals surface area contributed by atoms with Gasteiger partial charge in [-0.2, -0.15) is 0 Å². The van der Waals surface area contributed by atoms with E-state index in [2.05, 4.69) is 41.4 Å². The van der Waals surface area contributed by atoms with Gasteiger partial charge in [-0.25, -0.2) is 0 Å². The van der Waals surface area contributed by atoms with Gasteiger partial charge >= 0.3 is 0 Å². The first-order valence-electron chi connectivity index (χ1n) is 8.93. The minimum atomic E-state index is 1.11. The van der Waals surface area contributed by atoms with Crippen molar-refractivity contribution in [2.75, 3.05) is 25.0 Å². The highest BCUT2D eigenvalue weighted by atomic mass is 15.1. The highest BCUT2D eigenvalue weighted by Gasteiger charge is 2.11. The lowest BCUT2D eigenvalue weighted by molar-refractivity contribution is 0.331. The third-order valence-electron chi connectivity index (χ3n) is 4.42. The van der Waals surface area contributed by atoms with Crippen LogP contribution in [0.3, 0.4) is 0 Å². The molecule has 0 amide bonds. The number of anilines is 1. The molecule has 0 spiro atoms. The van der Waals surface area contributed by atoms with E-state index in [1.54, 1.807) is 0 Å². The first kappa shape index (κ1) is 16.4. The van der Waals surface area contributed by atoms with Crippen LogP contribution < -0.4 is 5.32 Å². The molecular weight excluding hydrogens is 256 g/mol. The minimum Gasteiger partial charge on any atom is -0.385 e. The number of unbranched alkanes of at least 4 members (excludes halogenated alkanes) is 5. The van der Waals surface area contributed by atoms with Gasteiger partial charge in [0, 0.05) is 18.8 Å². The highest BCUT2D eigenvalue weighted by Crippen LogP contribution is 2.15. The van der Waals surface area contributed by atoms with Crippen LogP contribution in [0.2, 0.25) is 0 Å². The maximum atomic E-state index is 3.54. The summed E-state index contributed by atoms with van der Waals surface area (Å²) >= 11 is 0.